The van der Waals surface area contributed by atoms with Crippen molar-refractivity contribution in [1.29, 1.82) is 0 Å². The van der Waals surface area contributed by atoms with Gasteiger partial charge in [-0.3, -0.25) is 4.79 Å². The van der Waals surface area contributed by atoms with Crippen LogP contribution in [0.4, 0.5) is 0 Å². The molecule has 28 heavy (non-hydrogen) atoms. The summed E-state index contributed by atoms with van der Waals surface area (Å²) < 4.78 is 8.19. The fourth-order valence-electron chi connectivity index (χ4n) is 2.68. The molecule has 7 heteroatoms. The second-order valence-electron chi connectivity index (χ2n) is 5.59. The first-order valence-corrected chi connectivity index (χ1v) is 8.90. The molecule has 3 N–H and O–H groups in total. The van der Waals surface area contributed by atoms with Crippen LogP contribution in [0, 0.1) is 0 Å². The summed E-state index contributed by atoms with van der Waals surface area (Å²) in [6, 6.07) is 16.1. The van der Waals surface area contributed by atoms with Crippen LogP contribution >= 0.6 is 0 Å². The van der Waals surface area contributed by atoms with Crippen molar-refractivity contribution < 1.29 is 40.8 Å². The Hall–Kier alpha value is -2.80. The molecular weight excluding hydrogens is 397 g/mol. The zero-order valence-electron chi connectivity index (χ0n) is 15.3. The number of aliphatic hydroxyl groups excluding tert-OH is 1. The van der Waals surface area contributed by atoms with Gasteiger partial charge in [0.2, 0.25) is 0 Å². The van der Waals surface area contributed by atoms with Crippen LogP contribution in [0.2, 0.25) is 0 Å². The van der Waals surface area contributed by atoms with Crippen molar-refractivity contribution in [3.8, 4) is 0 Å². The number of fused-ring (bicyclic) bond motifs is 1. The molecule has 0 amide bonds. The van der Waals surface area contributed by atoms with Gasteiger partial charge in [0.1, 0.15) is 6.04 Å². The van der Waals surface area contributed by atoms with Gasteiger partial charge in [-0.15, -0.1) is 0 Å². The standard InChI is InChI=1S/C20H17NO3.CH4O.O.V/c22-19-11-10-15-8-4-5-9-16(15)17(19)13-21-18(20(23)24)12-14-6-2-1-3-7-14;1-2;;/h1-11,13,18,21H,12H2,(H,23,24);2H,1H3;;/b17-13+;;;/t18-;;;/m0.../s1. The number of hydrogen-bond donors (Lipinski definition) is 3. The van der Waals surface area contributed by atoms with E-state index in [0.29, 0.717) is 12.0 Å². The molecule has 1 atom stereocenters. The fraction of sp³-hybridized carbons (Fsp3) is 0.143. The van der Waals surface area contributed by atoms with Gasteiger partial charge in [0.05, 0.1) is 0 Å². The Bertz CT molecular complexity index is 849. The molecule has 145 valence electrons. The summed E-state index contributed by atoms with van der Waals surface area (Å²) in [7, 11) is 1.00. The quantitative estimate of drug-likeness (QED) is 0.645. The van der Waals surface area contributed by atoms with Gasteiger partial charge >= 0.3 is 27.0 Å². The number of carbonyl (C=O) groups excluding carboxylic acids is 1. The molecule has 0 spiro atoms. The molecule has 2 aromatic carbocycles. The van der Waals surface area contributed by atoms with Crippen molar-refractivity contribution in [3.63, 3.8) is 0 Å². The first kappa shape index (κ1) is 23.2. The Morgan fingerprint density at radius 2 is 1.64 bits per heavy atom. The zero-order chi connectivity index (χ0) is 20.9. The molecule has 0 heterocycles. The molecule has 2 aromatic rings. The third kappa shape index (κ3) is 6.42. The van der Waals surface area contributed by atoms with Gasteiger partial charge in [0, 0.05) is 25.3 Å². The van der Waals surface area contributed by atoms with Crippen molar-refractivity contribution in [2.75, 3.05) is 7.11 Å². The van der Waals surface area contributed by atoms with E-state index in [0.717, 1.165) is 41.2 Å². The van der Waals surface area contributed by atoms with E-state index in [2.05, 4.69) is 5.32 Å². The number of ketones is 1. The minimum absolute atomic E-state index is 0.134. The minimum atomic E-state index is -0.956. The SMILES string of the molecule is CO.O=C1C=Cc2ccccc2/C1=C\N[C@@H](Cc1ccccc1)C(=O)O.[O]=[V]. The molecule has 6 nitrogen and oxygen atoms in total. The molecule has 0 fully saturated rings. The van der Waals surface area contributed by atoms with Gasteiger partial charge in [-0.2, -0.15) is 0 Å². The molecule has 0 saturated heterocycles. The molecule has 0 aliphatic heterocycles. The third-order valence-corrected chi connectivity index (χ3v) is 3.94. The van der Waals surface area contributed by atoms with Crippen molar-refractivity contribution in [2.24, 2.45) is 0 Å². The molecule has 1 aliphatic carbocycles. The number of rotatable bonds is 5. The van der Waals surface area contributed by atoms with Gasteiger partial charge in [-0.05, 0) is 22.8 Å². The van der Waals surface area contributed by atoms with E-state index >= 15 is 0 Å². The van der Waals surface area contributed by atoms with Gasteiger partial charge < -0.3 is 15.5 Å². The first-order valence-electron chi connectivity index (χ1n) is 8.33. The molecule has 0 bridgehead atoms. The molecule has 0 unspecified atom stereocenters. The Morgan fingerprint density at radius 1 is 1.04 bits per heavy atom. The predicted octanol–water partition coefficient (Wildman–Crippen LogP) is 2.40. The van der Waals surface area contributed by atoms with E-state index in [4.69, 9.17) is 8.78 Å². The van der Waals surface area contributed by atoms with E-state index in [-0.39, 0.29) is 5.78 Å². The van der Waals surface area contributed by atoms with Crippen molar-refractivity contribution >= 4 is 23.4 Å². The van der Waals surface area contributed by atoms with Crippen molar-refractivity contribution in [3.05, 3.63) is 83.6 Å². The van der Waals surface area contributed by atoms with Crippen molar-refractivity contribution in [1.82, 2.24) is 5.32 Å². The van der Waals surface area contributed by atoms with Crippen LogP contribution < -0.4 is 5.32 Å². The van der Waals surface area contributed by atoms with Crippen LogP contribution in [-0.2, 0) is 37.1 Å². The van der Waals surface area contributed by atoms with Crippen LogP contribution in [0.5, 0.6) is 0 Å². The Labute approximate surface area is 172 Å². The summed E-state index contributed by atoms with van der Waals surface area (Å²) in [6.07, 6.45) is 5.13. The Balaban J connectivity index is 0.000000921. The molecule has 0 radical (unpaired) electrons. The molecule has 3 rings (SSSR count). The topological polar surface area (TPSA) is 104 Å². The maximum atomic E-state index is 12.2. The second kappa shape index (κ2) is 12.6. The summed E-state index contributed by atoms with van der Waals surface area (Å²) >= 11 is 1.06. The van der Waals surface area contributed by atoms with Crippen LogP contribution in [-0.4, -0.2) is 35.1 Å². The maximum absolute atomic E-state index is 12.2. The third-order valence-electron chi connectivity index (χ3n) is 3.94. The number of aliphatic carboxylic acids is 1. The number of aliphatic hydroxyl groups is 1. The van der Waals surface area contributed by atoms with E-state index in [1.165, 1.54) is 12.3 Å². The molecule has 1 aliphatic rings. The summed E-state index contributed by atoms with van der Waals surface area (Å²) in [4.78, 5) is 23.7. The summed E-state index contributed by atoms with van der Waals surface area (Å²) in [5.41, 5.74) is 3.15. The van der Waals surface area contributed by atoms with Gasteiger partial charge in [0.25, 0.3) is 0 Å². The van der Waals surface area contributed by atoms with Gasteiger partial charge in [0.15, 0.2) is 5.78 Å². The van der Waals surface area contributed by atoms with E-state index in [1.54, 1.807) is 6.08 Å². The fourth-order valence-corrected chi connectivity index (χ4v) is 2.68. The molecule has 0 saturated carbocycles. The van der Waals surface area contributed by atoms with E-state index in [1.807, 2.05) is 54.6 Å². The zero-order valence-corrected chi connectivity index (χ0v) is 16.7. The van der Waals surface area contributed by atoms with E-state index in [9.17, 15) is 14.7 Å². The average Bonchev–Trinajstić information content (AvgIpc) is 2.75. The Morgan fingerprint density at radius 3 is 2.29 bits per heavy atom. The van der Waals surface area contributed by atoms with Gasteiger partial charge in [-0.25, -0.2) is 4.79 Å². The predicted molar refractivity (Wildman–Crippen MR) is 102 cm³/mol. The number of nitrogens with one attached hydrogen (secondary N) is 1. The van der Waals surface area contributed by atoms with Gasteiger partial charge in [-0.1, -0.05) is 60.7 Å². The first-order chi connectivity index (χ1) is 13.6. The van der Waals surface area contributed by atoms with Crippen molar-refractivity contribution in [2.45, 2.75) is 12.5 Å². The molecular formula is C21H21NO5V. The molecule has 0 aromatic heterocycles. The number of hydrogen-bond acceptors (Lipinski definition) is 5. The Kier molecular flexibility index (Phi) is 10.4. The van der Waals surface area contributed by atoms with Crippen LogP contribution in [0.15, 0.2) is 66.9 Å². The average molecular weight is 418 g/mol. The van der Waals surface area contributed by atoms with E-state index < -0.39 is 12.0 Å². The van der Waals surface area contributed by atoms with Crippen LogP contribution in [0.25, 0.3) is 11.6 Å². The monoisotopic (exact) mass is 418 g/mol. The number of carboxylic acids is 1. The van der Waals surface area contributed by atoms with Crippen LogP contribution in [0.1, 0.15) is 16.7 Å². The second-order valence-corrected chi connectivity index (χ2v) is 5.59. The normalized spacial score (nSPS) is 13.9. The number of benzene rings is 2. The van der Waals surface area contributed by atoms with Crippen LogP contribution in [0.3, 0.4) is 0 Å². The number of carboxylic acid groups (broad SMARTS) is 1. The summed E-state index contributed by atoms with van der Waals surface area (Å²) in [5.74, 6) is -1.09. The summed E-state index contributed by atoms with van der Waals surface area (Å²) in [5, 5.41) is 19.3. The number of carbonyl (C=O) groups is 2. The number of allylic oxidation sites excluding steroid dienone is 2. The summed E-state index contributed by atoms with van der Waals surface area (Å²) in [6.45, 7) is 0.